The smallest absolute Gasteiger partial charge is 0.230 e. The van der Waals surface area contributed by atoms with E-state index in [1.54, 1.807) is 5.32 Å². The molecule has 0 spiro atoms. The number of hydrogen-bond acceptors (Lipinski definition) is 3. The zero-order valence-corrected chi connectivity index (χ0v) is 12.6. The number of nitrogens with two attached hydrogens (primary N) is 1. The first kappa shape index (κ1) is 17.1. The highest BCUT2D eigenvalue weighted by Crippen LogP contribution is 2.16. The van der Waals surface area contributed by atoms with Crippen LogP contribution in [0.25, 0.3) is 0 Å². The van der Waals surface area contributed by atoms with Crippen molar-refractivity contribution in [1.82, 2.24) is 0 Å². The largest absolute Gasteiger partial charge is 0.544 e. The van der Waals surface area contributed by atoms with Crippen molar-refractivity contribution in [1.29, 1.82) is 0 Å². The summed E-state index contributed by atoms with van der Waals surface area (Å²) in [7, 11) is 0. The van der Waals surface area contributed by atoms with E-state index in [9.17, 15) is 14.7 Å². The molecular formula is C15H24N3O3+. The highest BCUT2D eigenvalue weighted by molar-refractivity contribution is 5.94. The van der Waals surface area contributed by atoms with Gasteiger partial charge in [0.25, 0.3) is 0 Å². The summed E-state index contributed by atoms with van der Waals surface area (Å²) < 4.78 is 0. The molecule has 0 radical (unpaired) electrons. The Morgan fingerprint density at radius 2 is 2.10 bits per heavy atom. The summed E-state index contributed by atoms with van der Waals surface area (Å²) in [6.07, 6.45) is 0.704. The van der Waals surface area contributed by atoms with Crippen LogP contribution in [0.4, 0.5) is 5.69 Å². The van der Waals surface area contributed by atoms with Gasteiger partial charge in [0.05, 0.1) is 25.5 Å². The molecule has 0 saturated heterocycles. The molecule has 0 saturated carbocycles. The molecule has 0 aliphatic heterocycles. The van der Waals surface area contributed by atoms with Crippen LogP contribution in [0, 0.1) is 13.8 Å². The average Bonchev–Trinajstić information content (AvgIpc) is 2.41. The summed E-state index contributed by atoms with van der Waals surface area (Å²) in [5, 5.41) is 15.4. The third-order valence-corrected chi connectivity index (χ3v) is 3.27. The molecule has 6 nitrogen and oxygen atoms in total. The Labute approximate surface area is 124 Å². The summed E-state index contributed by atoms with van der Waals surface area (Å²) in [5.74, 6) is -1.53. The van der Waals surface area contributed by atoms with Crippen LogP contribution in [-0.4, -0.2) is 31.0 Å². The van der Waals surface area contributed by atoms with Gasteiger partial charge in [-0.05, 0) is 25.5 Å². The highest BCUT2D eigenvalue weighted by atomic mass is 16.4. The first-order valence-corrected chi connectivity index (χ1v) is 7.14. The van der Waals surface area contributed by atoms with Gasteiger partial charge in [-0.25, -0.2) is 0 Å². The lowest BCUT2D eigenvalue weighted by atomic mass is 10.1. The summed E-state index contributed by atoms with van der Waals surface area (Å²) in [5.41, 5.74) is 6.47. The number of quaternary nitrogens is 2. The number of rotatable bonds is 8. The van der Waals surface area contributed by atoms with E-state index in [0.29, 0.717) is 12.2 Å². The summed E-state index contributed by atoms with van der Waals surface area (Å²) in [6, 6.07) is 4.83. The van der Waals surface area contributed by atoms with Gasteiger partial charge in [-0.1, -0.05) is 17.7 Å². The maximum Gasteiger partial charge on any atom is 0.230 e. The van der Waals surface area contributed by atoms with E-state index in [1.807, 2.05) is 32.0 Å². The van der Waals surface area contributed by atoms with Gasteiger partial charge in [0, 0.05) is 12.1 Å². The first-order valence-electron chi connectivity index (χ1n) is 7.14. The van der Waals surface area contributed by atoms with Crippen LogP contribution in [0.5, 0.6) is 0 Å². The molecule has 21 heavy (non-hydrogen) atoms. The van der Waals surface area contributed by atoms with Gasteiger partial charge >= 0.3 is 0 Å². The van der Waals surface area contributed by atoms with Crippen LogP contribution in [0.2, 0.25) is 0 Å². The number of aliphatic carboxylic acids is 1. The van der Waals surface area contributed by atoms with E-state index in [0.717, 1.165) is 24.1 Å². The van der Waals surface area contributed by atoms with E-state index in [4.69, 9.17) is 0 Å². The lowest BCUT2D eigenvalue weighted by molar-refractivity contribution is -0.684. The van der Waals surface area contributed by atoms with E-state index < -0.39 is 12.0 Å². The van der Waals surface area contributed by atoms with Crippen LogP contribution in [0.1, 0.15) is 24.0 Å². The number of amides is 1. The molecule has 6 N–H and O–H groups in total. The van der Waals surface area contributed by atoms with Crippen molar-refractivity contribution in [3.05, 3.63) is 29.3 Å². The number of hydrogen-bond donors (Lipinski definition) is 3. The molecule has 116 valence electrons. The molecule has 0 unspecified atom stereocenters. The Balaban J connectivity index is 2.59. The average molecular weight is 294 g/mol. The van der Waals surface area contributed by atoms with Gasteiger partial charge in [-0.15, -0.1) is 0 Å². The predicted molar refractivity (Wildman–Crippen MR) is 77.1 cm³/mol. The molecule has 0 aliphatic rings. The third-order valence-electron chi connectivity index (χ3n) is 3.27. The van der Waals surface area contributed by atoms with Gasteiger partial charge in [0.15, 0.2) is 0 Å². The van der Waals surface area contributed by atoms with Crippen molar-refractivity contribution in [3.63, 3.8) is 0 Å². The van der Waals surface area contributed by atoms with Crippen LogP contribution in [-0.2, 0) is 9.59 Å². The lowest BCUT2D eigenvalue weighted by Crippen LogP contribution is -2.93. The van der Waals surface area contributed by atoms with Crippen LogP contribution in [0.3, 0.4) is 0 Å². The van der Waals surface area contributed by atoms with Crippen LogP contribution in [0.15, 0.2) is 18.2 Å². The third kappa shape index (κ3) is 5.93. The number of carboxylic acid groups (broad SMARTS) is 1. The number of benzene rings is 1. The second-order valence-corrected chi connectivity index (χ2v) is 5.23. The zero-order valence-electron chi connectivity index (χ0n) is 12.6. The Morgan fingerprint density at radius 1 is 1.38 bits per heavy atom. The molecule has 1 amide bonds. The van der Waals surface area contributed by atoms with Crippen molar-refractivity contribution in [2.45, 2.75) is 32.7 Å². The monoisotopic (exact) mass is 294 g/mol. The lowest BCUT2D eigenvalue weighted by Gasteiger charge is -2.16. The Hall–Kier alpha value is -1.92. The maximum atomic E-state index is 12.0. The van der Waals surface area contributed by atoms with Gasteiger partial charge in [-0.2, -0.15) is 0 Å². The van der Waals surface area contributed by atoms with Crippen LogP contribution >= 0.6 is 0 Å². The molecule has 1 atom stereocenters. The molecule has 6 heteroatoms. The van der Waals surface area contributed by atoms with Crippen molar-refractivity contribution in [2.24, 2.45) is 0 Å². The van der Waals surface area contributed by atoms with E-state index in [2.05, 4.69) is 11.1 Å². The van der Waals surface area contributed by atoms with Crippen molar-refractivity contribution >= 4 is 17.6 Å². The minimum atomic E-state index is -1.21. The molecule has 1 aromatic carbocycles. The molecule has 0 aromatic heterocycles. The number of anilines is 1. The molecular weight excluding hydrogens is 270 g/mol. The molecule has 1 rings (SSSR count). The molecule has 0 heterocycles. The number of carboxylic acids is 1. The Morgan fingerprint density at radius 3 is 2.67 bits per heavy atom. The minimum Gasteiger partial charge on any atom is -0.544 e. The number of carbonyl (C=O) groups excluding carboxylic acids is 2. The maximum absolute atomic E-state index is 12.0. The Kier molecular flexibility index (Phi) is 6.84. The predicted octanol–water partition coefficient (Wildman–Crippen LogP) is -2.05. The second-order valence-electron chi connectivity index (χ2n) is 5.23. The number of nitrogens with one attached hydrogen (secondary N) is 1. The normalized spacial score (nSPS) is 12.0. The fourth-order valence-electron chi connectivity index (χ4n) is 2.08. The quantitative estimate of drug-likeness (QED) is 0.479. The molecule has 0 fully saturated rings. The summed E-state index contributed by atoms with van der Waals surface area (Å²) in [6.45, 7) is 5.24. The summed E-state index contributed by atoms with van der Waals surface area (Å²) >= 11 is 0. The van der Waals surface area contributed by atoms with E-state index in [1.165, 1.54) is 0 Å². The molecule has 1 aromatic rings. The van der Waals surface area contributed by atoms with Gasteiger partial charge in [0.1, 0.15) is 6.04 Å². The number of aryl methyl sites for hydroxylation is 2. The van der Waals surface area contributed by atoms with Gasteiger partial charge in [-0.3, -0.25) is 4.79 Å². The number of carbonyl (C=O) groups is 2. The molecule has 0 bridgehead atoms. The van der Waals surface area contributed by atoms with Crippen LogP contribution < -0.4 is 21.5 Å². The summed E-state index contributed by atoms with van der Waals surface area (Å²) in [4.78, 5) is 23.0. The van der Waals surface area contributed by atoms with Gasteiger partial charge < -0.3 is 26.3 Å². The SMILES string of the molecule is Cc1ccc(NC(=O)C[C@H]([NH2+]CCC[NH3+])C(=O)[O-])c(C)c1. The topological polar surface area (TPSA) is 113 Å². The first-order chi connectivity index (χ1) is 9.93. The van der Waals surface area contributed by atoms with Crippen molar-refractivity contribution in [2.75, 3.05) is 18.4 Å². The van der Waals surface area contributed by atoms with E-state index >= 15 is 0 Å². The Bertz CT molecular complexity index is 503. The van der Waals surface area contributed by atoms with Crippen molar-refractivity contribution < 1.29 is 25.7 Å². The van der Waals surface area contributed by atoms with Crippen molar-refractivity contribution in [3.8, 4) is 0 Å². The fourth-order valence-corrected chi connectivity index (χ4v) is 2.08. The zero-order chi connectivity index (χ0) is 15.8. The standard InChI is InChI=1S/C15H23N3O3/c1-10-4-5-12(11(2)8-10)18-14(19)9-13(15(20)21)17-7-3-6-16/h4-5,8,13,17H,3,6-7,9,16H2,1-2H3,(H,18,19)(H,20,21)/p+1/t13-/m0/s1. The second kappa shape index (κ2) is 8.39. The molecule has 0 aliphatic carbocycles. The minimum absolute atomic E-state index is 0.104. The fraction of sp³-hybridized carbons (Fsp3) is 0.467. The highest BCUT2D eigenvalue weighted by Gasteiger charge is 2.18. The van der Waals surface area contributed by atoms with Gasteiger partial charge in [0.2, 0.25) is 5.91 Å². The van der Waals surface area contributed by atoms with E-state index in [-0.39, 0.29) is 12.3 Å².